The van der Waals surface area contributed by atoms with Crippen LogP contribution in [0.4, 0.5) is 0 Å². The summed E-state index contributed by atoms with van der Waals surface area (Å²) in [6.07, 6.45) is 5.90. The number of nitrogens with zero attached hydrogens (tertiary/aromatic N) is 1. The topological polar surface area (TPSA) is 3.24 Å². The van der Waals surface area contributed by atoms with E-state index in [1.54, 1.807) is 0 Å². The first-order valence-electron chi connectivity index (χ1n) is 4.60. The van der Waals surface area contributed by atoms with Crippen LogP contribution in [0.1, 0.15) is 32.6 Å². The van der Waals surface area contributed by atoms with Crippen LogP contribution in [0.3, 0.4) is 0 Å². The van der Waals surface area contributed by atoms with Crippen LogP contribution in [0.25, 0.3) is 0 Å². The first-order chi connectivity index (χ1) is 4.86. The molecular formula is C9H17N. The largest absolute Gasteiger partial charge is 0.301 e. The lowest BCUT2D eigenvalue weighted by atomic mass is 9.95. The van der Waals surface area contributed by atoms with E-state index in [0.717, 1.165) is 12.0 Å². The van der Waals surface area contributed by atoms with Gasteiger partial charge in [0.2, 0.25) is 0 Å². The van der Waals surface area contributed by atoms with Crippen molar-refractivity contribution in [2.45, 2.75) is 38.6 Å². The summed E-state index contributed by atoms with van der Waals surface area (Å²) < 4.78 is 0. The van der Waals surface area contributed by atoms with Crippen molar-refractivity contribution >= 4 is 0 Å². The Morgan fingerprint density at radius 3 is 2.40 bits per heavy atom. The van der Waals surface area contributed by atoms with Crippen LogP contribution in [0.2, 0.25) is 0 Å². The highest BCUT2D eigenvalue weighted by molar-refractivity contribution is 4.81. The fraction of sp³-hybridized carbons (Fsp3) is 1.00. The van der Waals surface area contributed by atoms with Gasteiger partial charge in [-0.3, -0.25) is 0 Å². The Hall–Kier alpha value is -0.0400. The minimum Gasteiger partial charge on any atom is -0.301 e. The summed E-state index contributed by atoms with van der Waals surface area (Å²) in [5.74, 6) is 1.08. The van der Waals surface area contributed by atoms with Gasteiger partial charge in [0.05, 0.1) is 0 Å². The fourth-order valence-electron chi connectivity index (χ4n) is 2.34. The summed E-state index contributed by atoms with van der Waals surface area (Å²) in [6, 6.07) is 0.882. The van der Waals surface area contributed by atoms with Gasteiger partial charge in [0.15, 0.2) is 0 Å². The van der Waals surface area contributed by atoms with Crippen molar-refractivity contribution in [1.82, 2.24) is 4.90 Å². The molecule has 0 N–H and O–H groups in total. The average Bonchev–Trinajstić information content (AvgIpc) is 2.24. The molecule has 3 heterocycles. The van der Waals surface area contributed by atoms with Gasteiger partial charge in [-0.15, -0.1) is 0 Å². The first-order valence-corrected chi connectivity index (χ1v) is 4.60. The maximum atomic E-state index is 2.66. The maximum absolute atomic E-state index is 2.66. The molecule has 3 rings (SSSR count). The second-order valence-corrected chi connectivity index (χ2v) is 3.91. The third kappa shape index (κ3) is 1.07. The molecule has 0 aliphatic carbocycles. The van der Waals surface area contributed by atoms with E-state index in [0.29, 0.717) is 0 Å². The van der Waals surface area contributed by atoms with Crippen LogP contribution < -0.4 is 0 Å². The number of fused-ring (bicyclic) bond motifs is 4. The van der Waals surface area contributed by atoms with Gasteiger partial charge in [-0.2, -0.15) is 0 Å². The Balaban J connectivity index is 2.07. The molecule has 1 nitrogen and oxygen atoms in total. The van der Waals surface area contributed by atoms with Gasteiger partial charge < -0.3 is 4.90 Å². The van der Waals surface area contributed by atoms with Crippen molar-refractivity contribution in [2.75, 3.05) is 13.1 Å². The molecule has 1 atom stereocenters. The van der Waals surface area contributed by atoms with Crippen molar-refractivity contribution < 1.29 is 0 Å². The van der Waals surface area contributed by atoms with E-state index in [-0.39, 0.29) is 0 Å². The van der Waals surface area contributed by atoms with E-state index in [4.69, 9.17) is 0 Å². The van der Waals surface area contributed by atoms with E-state index in [2.05, 4.69) is 11.8 Å². The molecular weight excluding hydrogens is 122 g/mol. The maximum Gasteiger partial charge on any atom is 0.00670 e. The van der Waals surface area contributed by atoms with Gasteiger partial charge >= 0.3 is 0 Å². The number of hydrogen-bond acceptors (Lipinski definition) is 1. The van der Waals surface area contributed by atoms with Crippen molar-refractivity contribution in [2.24, 2.45) is 5.92 Å². The zero-order valence-electron chi connectivity index (χ0n) is 6.84. The first kappa shape index (κ1) is 6.66. The molecule has 0 saturated carbocycles. The van der Waals surface area contributed by atoms with Crippen LogP contribution in [0, 0.1) is 5.92 Å². The highest BCUT2D eigenvalue weighted by Gasteiger charge is 2.26. The minimum atomic E-state index is 0.882. The van der Waals surface area contributed by atoms with E-state index in [9.17, 15) is 0 Å². The minimum absolute atomic E-state index is 0.882. The Bertz CT molecular complexity index is 114. The van der Waals surface area contributed by atoms with E-state index < -0.39 is 0 Å². The van der Waals surface area contributed by atoms with Gasteiger partial charge in [-0.25, -0.2) is 0 Å². The van der Waals surface area contributed by atoms with Gasteiger partial charge in [0.25, 0.3) is 0 Å². The van der Waals surface area contributed by atoms with E-state index in [1.165, 1.54) is 38.8 Å². The Morgan fingerprint density at radius 1 is 1.00 bits per heavy atom. The molecule has 0 amide bonds. The molecule has 10 heavy (non-hydrogen) atoms. The van der Waals surface area contributed by atoms with Gasteiger partial charge in [0.1, 0.15) is 0 Å². The molecule has 0 aromatic rings. The summed E-state index contributed by atoms with van der Waals surface area (Å²) in [4.78, 5) is 2.66. The summed E-state index contributed by atoms with van der Waals surface area (Å²) in [6.45, 7) is 5.14. The lowest BCUT2D eigenvalue weighted by molar-refractivity contribution is 0.179. The smallest absolute Gasteiger partial charge is 0.00670 e. The second-order valence-electron chi connectivity index (χ2n) is 3.91. The summed E-state index contributed by atoms with van der Waals surface area (Å²) in [7, 11) is 0. The Kier molecular flexibility index (Phi) is 1.69. The molecule has 3 aliphatic heterocycles. The van der Waals surface area contributed by atoms with Crippen molar-refractivity contribution in [3.63, 3.8) is 0 Å². The summed E-state index contributed by atoms with van der Waals surface area (Å²) in [5.41, 5.74) is 0. The zero-order valence-corrected chi connectivity index (χ0v) is 6.84. The molecule has 1 unspecified atom stereocenters. The molecule has 0 aromatic carbocycles. The second kappa shape index (κ2) is 2.54. The zero-order chi connectivity index (χ0) is 6.97. The average molecular weight is 139 g/mol. The van der Waals surface area contributed by atoms with Crippen molar-refractivity contribution in [1.29, 1.82) is 0 Å². The lowest BCUT2D eigenvalue weighted by Gasteiger charge is -2.30. The monoisotopic (exact) mass is 139 g/mol. The summed E-state index contributed by atoms with van der Waals surface area (Å²) >= 11 is 0. The van der Waals surface area contributed by atoms with Gasteiger partial charge in [-0.1, -0.05) is 0 Å². The van der Waals surface area contributed by atoms with Gasteiger partial charge in [0, 0.05) is 6.04 Å². The van der Waals surface area contributed by atoms with E-state index in [1.807, 2.05) is 0 Å². The molecule has 3 aliphatic rings. The fourth-order valence-corrected chi connectivity index (χ4v) is 2.34. The molecule has 0 spiro atoms. The van der Waals surface area contributed by atoms with E-state index >= 15 is 0 Å². The SMILES string of the molecule is CC1CCC2CCN1CC2. The van der Waals surface area contributed by atoms with Crippen LogP contribution >= 0.6 is 0 Å². The van der Waals surface area contributed by atoms with Gasteiger partial charge in [-0.05, 0) is 51.6 Å². The standard InChI is InChI=1S/C9H17N/c1-8-2-3-9-4-6-10(8)7-5-9/h8-9H,2-7H2,1H3. The lowest BCUT2D eigenvalue weighted by Crippen LogP contribution is -2.35. The molecule has 0 aromatic heterocycles. The number of piperidine rings is 1. The molecule has 3 saturated heterocycles. The molecule has 1 heteroatoms. The van der Waals surface area contributed by atoms with Crippen molar-refractivity contribution in [3.8, 4) is 0 Å². The Morgan fingerprint density at radius 2 is 1.70 bits per heavy atom. The molecule has 3 fully saturated rings. The normalized spacial score (nSPS) is 47.1. The van der Waals surface area contributed by atoms with Crippen LogP contribution in [-0.2, 0) is 0 Å². The van der Waals surface area contributed by atoms with Crippen molar-refractivity contribution in [3.05, 3.63) is 0 Å². The molecule has 2 bridgehead atoms. The number of hydrogen-bond donors (Lipinski definition) is 0. The molecule has 58 valence electrons. The number of rotatable bonds is 0. The third-order valence-corrected chi connectivity index (χ3v) is 3.27. The summed E-state index contributed by atoms with van der Waals surface area (Å²) in [5, 5.41) is 0. The highest BCUT2D eigenvalue weighted by Crippen LogP contribution is 2.29. The van der Waals surface area contributed by atoms with Crippen LogP contribution in [0.5, 0.6) is 0 Å². The predicted octanol–water partition coefficient (Wildman–Crippen LogP) is 1.88. The quantitative estimate of drug-likeness (QED) is 0.495. The third-order valence-electron chi connectivity index (χ3n) is 3.27. The molecule has 0 radical (unpaired) electrons. The van der Waals surface area contributed by atoms with Crippen LogP contribution in [0.15, 0.2) is 0 Å². The Labute approximate surface area is 63.4 Å². The van der Waals surface area contributed by atoms with Crippen LogP contribution in [-0.4, -0.2) is 24.0 Å². The predicted molar refractivity (Wildman–Crippen MR) is 43.0 cm³/mol. The highest BCUT2D eigenvalue weighted by atomic mass is 15.2.